The molecule has 0 spiro atoms. The number of sulfonamides is 2. The van der Waals surface area contributed by atoms with E-state index in [1.54, 1.807) is 19.1 Å². The molecule has 0 aliphatic carbocycles. The van der Waals surface area contributed by atoms with Gasteiger partial charge in [-0.3, -0.25) is 0 Å². The van der Waals surface area contributed by atoms with Crippen LogP contribution in [0.25, 0.3) is 0 Å². The average molecular weight is 389 g/mol. The zero-order valence-corrected chi connectivity index (χ0v) is 15.2. The van der Waals surface area contributed by atoms with E-state index in [1.165, 1.54) is 30.3 Å². The first-order valence-electron chi connectivity index (χ1n) is 6.97. The molecule has 3 N–H and O–H groups in total. The molecule has 9 heteroatoms. The van der Waals surface area contributed by atoms with Crippen LogP contribution in [0.4, 0.5) is 0 Å². The lowest BCUT2D eigenvalue weighted by atomic mass is 10.2. The molecule has 2 rings (SSSR count). The highest BCUT2D eigenvalue weighted by molar-refractivity contribution is 7.89. The van der Waals surface area contributed by atoms with E-state index in [0.29, 0.717) is 17.0 Å². The van der Waals surface area contributed by atoms with E-state index in [4.69, 9.17) is 16.7 Å². The summed E-state index contributed by atoms with van der Waals surface area (Å²) in [5, 5.41) is 5.53. The van der Waals surface area contributed by atoms with Crippen LogP contribution in [0.5, 0.6) is 0 Å². The van der Waals surface area contributed by atoms with Crippen molar-refractivity contribution in [1.82, 2.24) is 4.72 Å². The van der Waals surface area contributed by atoms with Crippen molar-refractivity contribution in [3.63, 3.8) is 0 Å². The number of nitrogens with one attached hydrogen (secondary N) is 1. The fourth-order valence-electron chi connectivity index (χ4n) is 2.04. The Morgan fingerprint density at radius 2 is 1.58 bits per heavy atom. The van der Waals surface area contributed by atoms with Gasteiger partial charge in [0.15, 0.2) is 0 Å². The molecule has 2 aromatic carbocycles. The first-order chi connectivity index (χ1) is 11.1. The minimum absolute atomic E-state index is 0.0171. The van der Waals surface area contributed by atoms with Gasteiger partial charge in [-0.15, -0.1) is 0 Å². The van der Waals surface area contributed by atoms with Crippen molar-refractivity contribution in [2.45, 2.75) is 23.1 Å². The molecule has 0 fully saturated rings. The van der Waals surface area contributed by atoms with E-state index >= 15 is 0 Å². The van der Waals surface area contributed by atoms with Crippen molar-refractivity contribution < 1.29 is 16.8 Å². The first kappa shape index (κ1) is 18.9. The lowest BCUT2D eigenvalue weighted by molar-refractivity contribution is 0.581. The topological polar surface area (TPSA) is 106 Å². The quantitative estimate of drug-likeness (QED) is 0.786. The number of halogens is 1. The van der Waals surface area contributed by atoms with Gasteiger partial charge in [-0.2, -0.15) is 0 Å². The van der Waals surface area contributed by atoms with Crippen LogP contribution in [-0.4, -0.2) is 23.4 Å². The van der Waals surface area contributed by atoms with Gasteiger partial charge in [-0.25, -0.2) is 26.7 Å². The maximum atomic E-state index is 12.2. The minimum atomic E-state index is -3.73. The number of hydrogen-bond donors (Lipinski definition) is 2. The Morgan fingerprint density at radius 1 is 1.00 bits per heavy atom. The molecule has 2 aromatic rings. The van der Waals surface area contributed by atoms with Gasteiger partial charge >= 0.3 is 0 Å². The molecule has 0 heterocycles. The average Bonchev–Trinajstić information content (AvgIpc) is 2.49. The third kappa shape index (κ3) is 4.78. The van der Waals surface area contributed by atoms with Crippen molar-refractivity contribution in [3.05, 3.63) is 58.6 Å². The number of aryl methyl sites for hydroxylation is 1. The molecule has 0 saturated carbocycles. The summed E-state index contributed by atoms with van der Waals surface area (Å²) in [5.41, 5.74) is 1.47. The molecule has 0 aliphatic rings. The largest absolute Gasteiger partial charge is 0.240 e. The van der Waals surface area contributed by atoms with Gasteiger partial charge in [-0.1, -0.05) is 23.7 Å². The maximum absolute atomic E-state index is 12.2. The molecule has 130 valence electrons. The monoisotopic (exact) mass is 388 g/mol. The van der Waals surface area contributed by atoms with E-state index in [0.717, 1.165) is 5.56 Å². The predicted molar refractivity (Wildman–Crippen MR) is 92.9 cm³/mol. The van der Waals surface area contributed by atoms with Gasteiger partial charge in [0.1, 0.15) is 0 Å². The summed E-state index contributed by atoms with van der Waals surface area (Å²) in [7, 11) is -7.35. The van der Waals surface area contributed by atoms with Crippen LogP contribution < -0.4 is 9.86 Å². The third-order valence-corrected chi connectivity index (χ3v) is 6.21. The molecule has 0 unspecified atom stereocenters. The van der Waals surface area contributed by atoms with Crippen molar-refractivity contribution >= 4 is 31.6 Å². The Kier molecular flexibility index (Phi) is 5.67. The second kappa shape index (κ2) is 7.20. The summed E-state index contributed by atoms with van der Waals surface area (Å²) < 4.78 is 49.3. The van der Waals surface area contributed by atoms with Gasteiger partial charge in [0.05, 0.1) is 9.79 Å². The molecule has 24 heavy (non-hydrogen) atoms. The van der Waals surface area contributed by atoms with E-state index in [-0.39, 0.29) is 16.3 Å². The highest BCUT2D eigenvalue weighted by Gasteiger charge is 2.14. The Balaban J connectivity index is 2.01. The van der Waals surface area contributed by atoms with E-state index < -0.39 is 20.0 Å². The van der Waals surface area contributed by atoms with Crippen LogP contribution in [-0.2, 0) is 26.5 Å². The molecule has 0 radical (unpaired) electrons. The summed E-state index contributed by atoms with van der Waals surface area (Å²) in [6, 6.07) is 10.5. The molecule has 0 saturated heterocycles. The SMILES string of the molecule is Cc1cc(S(=O)(=O)NCCc2ccc(S(N)(=O)=O)cc2)ccc1Cl. The van der Waals surface area contributed by atoms with Gasteiger partial charge < -0.3 is 0 Å². The fraction of sp³-hybridized carbons (Fsp3) is 0.200. The van der Waals surface area contributed by atoms with Crippen LogP contribution >= 0.6 is 11.6 Å². The molecule has 0 aliphatic heterocycles. The van der Waals surface area contributed by atoms with Crippen molar-refractivity contribution in [2.75, 3.05) is 6.54 Å². The number of primary sulfonamides is 1. The molecular formula is C15H17ClN2O4S2. The maximum Gasteiger partial charge on any atom is 0.240 e. The lowest BCUT2D eigenvalue weighted by Gasteiger charge is -2.08. The Hall–Kier alpha value is -1.45. The smallest absolute Gasteiger partial charge is 0.225 e. The fourth-order valence-corrected chi connectivity index (χ4v) is 3.79. The van der Waals surface area contributed by atoms with E-state index in [9.17, 15) is 16.8 Å². The summed E-state index contributed by atoms with van der Waals surface area (Å²) >= 11 is 5.89. The normalized spacial score (nSPS) is 12.3. The molecule has 0 amide bonds. The Bertz CT molecular complexity index is 940. The highest BCUT2D eigenvalue weighted by Crippen LogP contribution is 2.19. The van der Waals surface area contributed by atoms with Gasteiger partial charge in [0, 0.05) is 11.6 Å². The van der Waals surface area contributed by atoms with Crippen molar-refractivity contribution in [2.24, 2.45) is 5.14 Å². The minimum Gasteiger partial charge on any atom is -0.225 e. The second-order valence-electron chi connectivity index (χ2n) is 5.25. The molecule has 0 bridgehead atoms. The summed E-state index contributed by atoms with van der Waals surface area (Å²) in [4.78, 5) is 0.164. The van der Waals surface area contributed by atoms with E-state index in [1.807, 2.05) is 0 Å². The van der Waals surface area contributed by atoms with Crippen LogP contribution in [0.15, 0.2) is 52.3 Å². The van der Waals surface area contributed by atoms with Gasteiger partial charge in [0.25, 0.3) is 0 Å². The Labute approximate surface area is 146 Å². The standard InChI is InChI=1S/C15H17ClN2O4S2/c1-11-10-14(6-7-15(11)16)24(21,22)18-9-8-12-2-4-13(5-3-12)23(17,19)20/h2-7,10,18H,8-9H2,1H3,(H2,17,19,20). The molecule has 0 atom stereocenters. The predicted octanol–water partition coefficient (Wildman–Crippen LogP) is 1.82. The van der Waals surface area contributed by atoms with Crippen LogP contribution in [0.1, 0.15) is 11.1 Å². The highest BCUT2D eigenvalue weighted by atomic mass is 35.5. The number of rotatable bonds is 6. The second-order valence-corrected chi connectivity index (χ2v) is 8.98. The van der Waals surface area contributed by atoms with Crippen molar-refractivity contribution in [3.8, 4) is 0 Å². The molecule has 6 nitrogen and oxygen atoms in total. The molecular weight excluding hydrogens is 372 g/mol. The van der Waals surface area contributed by atoms with Crippen LogP contribution in [0.2, 0.25) is 5.02 Å². The Morgan fingerprint density at radius 3 is 2.12 bits per heavy atom. The number of hydrogen-bond acceptors (Lipinski definition) is 4. The number of nitrogens with two attached hydrogens (primary N) is 1. The van der Waals surface area contributed by atoms with Gasteiger partial charge in [0.2, 0.25) is 20.0 Å². The third-order valence-electron chi connectivity index (χ3n) is 3.40. The zero-order chi connectivity index (χ0) is 18.0. The van der Waals surface area contributed by atoms with Crippen molar-refractivity contribution in [1.29, 1.82) is 0 Å². The lowest BCUT2D eigenvalue weighted by Crippen LogP contribution is -2.26. The summed E-state index contributed by atoms with van der Waals surface area (Å²) in [6.07, 6.45) is 0.413. The van der Waals surface area contributed by atoms with E-state index in [2.05, 4.69) is 4.72 Å². The first-order valence-corrected chi connectivity index (χ1v) is 10.4. The summed E-state index contributed by atoms with van der Waals surface area (Å²) in [5.74, 6) is 0. The molecule has 0 aromatic heterocycles. The van der Waals surface area contributed by atoms with Crippen LogP contribution in [0, 0.1) is 6.92 Å². The van der Waals surface area contributed by atoms with Crippen LogP contribution in [0.3, 0.4) is 0 Å². The zero-order valence-electron chi connectivity index (χ0n) is 12.9. The van der Waals surface area contributed by atoms with Gasteiger partial charge in [-0.05, 0) is 54.8 Å². The number of benzene rings is 2. The summed E-state index contributed by atoms with van der Waals surface area (Å²) in [6.45, 7) is 1.91.